The van der Waals surface area contributed by atoms with Crippen LogP contribution in [0.3, 0.4) is 0 Å². The van der Waals surface area contributed by atoms with Gasteiger partial charge in [0.1, 0.15) is 0 Å². The van der Waals surface area contributed by atoms with Gasteiger partial charge in [0.05, 0.1) is 6.42 Å². The van der Waals surface area contributed by atoms with Crippen LogP contribution in [0, 0.1) is 5.92 Å². The maximum Gasteiger partial charge on any atom is 0.227 e. The molecule has 4 rings (SSSR count). The highest BCUT2D eigenvalue weighted by Gasteiger charge is 2.29. The number of carbonyl (C=O) groups is 2. The van der Waals surface area contributed by atoms with Crippen molar-refractivity contribution in [3.63, 3.8) is 0 Å². The molecule has 1 saturated heterocycles. The van der Waals surface area contributed by atoms with E-state index in [0.717, 1.165) is 34.9 Å². The van der Waals surface area contributed by atoms with Crippen molar-refractivity contribution >= 4 is 22.7 Å². The molecule has 29 heavy (non-hydrogen) atoms. The molecule has 5 nitrogen and oxygen atoms in total. The van der Waals surface area contributed by atoms with Crippen LogP contribution in [0.1, 0.15) is 24.0 Å². The maximum atomic E-state index is 12.8. The van der Waals surface area contributed by atoms with Gasteiger partial charge in [-0.1, -0.05) is 48.5 Å². The van der Waals surface area contributed by atoms with E-state index in [1.807, 2.05) is 77.6 Å². The minimum absolute atomic E-state index is 0.000788. The molecular formula is C24H27N3O2. The lowest BCUT2D eigenvalue weighted by molar-refractivity contribution is -0.140. The molecule has 5 heteroatoms. The van der Waals surface area contributed by atoms with Crippen LogP contribution in [-0.2, 0) is 22.6 Å². The molecule has 1 aromatic heterocycles. The average molecular weight is 389 g/mol. The van der Waals surface area contributed by atoms with E-state index in [0.29, 0.717) is 26.1 Å². The lowest BCUT2D eigenvalue weighted by atomic mass is 9.94. The van der Waals surface area contributed by atoms with E-state index < -0.39 is 0 Å². The second kappa shape index (κ2) is 8.52. The zero-order chi connectivity index (χ0) is 20.2. The van der Waals surface area contributed by atoms with E-state index in [1.165, 1.54) is 0 Å². The van der Waals surface area contributed by atoms with Crippen molar-refractivity contribution < 1.29 is 9.59 Å². The summed E-state index contributed by atoms with van der Waals surface area (Å²) >= 11 is 0. The first-order chi connectivity index (χ1) is 14.1. The Bertz CT molecular complexity index is 988. The number of nitrogens with zero attached hydrogens (tertiary/aromatic N) is 2. The summed E-state index contributed by atoms with van der Waals surface area (Å²) in [6.07, 6.45) is 3.79. The number of H-pyrrole nitrogens is 1. The van der Waals surface area contributed by atoms with Crippen LogP contribution < -0.4 is 0 Å². The van der Waals surface area contributed by atoms with Crippen LogP contribution in [0.15, 0.2) is 60.8 Å². The Balaban J connectivity index is 1.30. The molecule has 0 unspecified atom stereocenters. The van der Waals surface area contributed by atoms with Crippen molar-refractivity contribution in [2.24, 2.45) is 5.92 Å². The Labute approximate surface area is 171 Å². The molecule has 0 radical (unpaired) electrons. The number of piperidine rings is 1. The molecule has 0 spiro atoms. The SMILES string of the molecule is CN(Cc1ccccc1)C(=O)C1CCN(C(=O)Cc2c[nH]c3ccccc23)CC1. The van der Waals surface area contributed by atoms with Crippen LogP contribution in [-0.4, -0.2) is 46.7 Å². The summed E-state index contributed by atoms with van der Waals surface area (Å²) in [4.78, 5) is 32.5. The zero-order valence-corrected chi connectivity index (χ0v) is 16.8. The number of para-hydroxylation sites is 1. The first-order valence-electron chi connectivity index (χ1n) is 10.2. The number of fused-ring (bicyclic) bond motifs is 1. The number of hydrogen-bond donors (Lipinski definition) is 1. The molecule has 0 saturated carbocycles. The number of rotatable bonds is 5. The van der Waals surface area contributed by atoms with Gasteiger partial charge in [0.25, 0.3) is 0 Å². The van der Waals surface area contributed by atoms with E-state index in [4.69, 9.17) is 0 Å². The Kier molecular flexibility index (Phi) is 5.65. The van der Waals surface area contributed by atoms with Gasteiger partial charge in [0, 0.05) is 49.7 Å². The van der Waals surface area contributed by atoms with Gasteiger partial charge in [-0.2, -0.15) is 0 Å². The topological polar surface area (TPSA) is 56.4 Å². The second-order valence-corrected chi connectivity index (χ2v) is 7.87. The lowest BCUT2D eigenvalue weighted by Crippen LogP contribution is -2.43. The zero-order valence-electron chi connectivity index (χ0n) is 16.8. The van der Waals surface area contributed by atoms with Gasteiger partial charge in [0.2, 0.25) is 11.8 Å². The molecule has 3 aromatic rings. The highest BCUT2D eigenvalue weighted by molar-refractivity contribution is 5.89. The number of amides is 2. The van der Waals surface area contributed by atoms with E-state index in [9.17, 15) is 9.59 Å². The van der Waals surface area contributed by atoms with Crippen LogP contribution in [0.2, 0.25) is 0 Å². The summed E-state index contributed by atoms with van der Waals surface area (Å²) in [6, 6.07) is 18.1. The van der Waals surface area contributed by atoms with Crippen LogP contribution in [0.25, 0.3) is 10.9 Å². The maximum absolute atomic E-state index is 12.8. The van der Waals surface area contributed by atoms with Gasteiger partial charge in [-0.15, -0.1) is 0 Å². The molecule has 1 aliphatic heterocycles. The summed E-state index contributed by atoms with van der Waals surface area (Å²) in [6.45, 7) is 1.92. The lowest BCUT2D eigenvalue weighted by Gasteiger charge is -2.33. The molecule has 1 N–H and O–H groups in total. The summed E-state index contributed by atoms with van der Waals surface area (Å²) in [5.41, 5.74) is 3.22. The molecule has 150 valence electrons. The van der Waals surface area contributed by atoms with E-state index in [1.54, 1.807) is 0 Å². The quantitative estimate of drug-likeness (QED) is 0.725. The molecule has 0 bridgehead atoms. The predicted molar refractivity (Wildman–Crippen MR) is 114 cm³/mol. The molecule has 1 fully saturated rings. The molecular weight excluding hydrogens is 362 g/mol. The van der Waals surface area contributed by atoms with Crippen molar-refractivity contribution in [1.82, 2.24) is 14.8 Å². The fraction of sp³-hybridized carbons (Fsp3) is 0.333. The normalized spacial score (nSPS) is 14.9. The monoisotopic (exact) mass is 389 g/mol. The smallest absolute Gasteiger partial charge is 0.227 e. The first kappa shape index (κ1) is 19.2. The van der Waals surface area contributed by atoms with Gasteiger partial charge >= 0.3 is 0 Å². The minimum atomic E-state index is 0.000788. The number of nitrogens with one attached hydrogen (secondary N) is 1. The standard InChI is InChI=1S/C24H27N3O2/c1-26(17-18-7-3-2-4-8-18)24(29)19-11-13-27(14-12-19)23(28)15-20-16-25-22-10-6-5-9-21(20)22/h2-10,16,19,25H,11-15,17H2,1H3. The number of hydrogen-bond acceptors (Lipinski definition) is 2. The Hall–Kier alpha value is -3.08. The molecule has 2 amide bonds. The van der Waals surface area contributed by atoms with Gasteiger partial charge < -0.3 is 14.8 Å². The fourth-order valence-corrected chi connectivity index (χ4v) is 4.18. The number of likely N-dealkylation sites (tertiary alicyclic amines) is 1. The molecule has 1 aliphatic rings. The number of carbonyl (C=O) groups excluding carboxylic acids is 2. The number of benzene rings is 2. The molecule has 0 atom stereocenters. The van der Waals surface area contributed by atoms with Crippen molar-refractivity contribution in [3.8, 4) is 0 Å². The van der Waals surface area contributed by atoms with Crippen LogP contribution in [0.5, 0.6) is 0 Å². The van der Waals surface area contributed by atoms with Gasteiger partial charge in [-0.25, -0.2) is 0 Å². The molecule has 0 aliphatic carbocycles. The predicted octanol–water partition coefficient (Wildman–Crippen LogP) is 3.61. The first-order valence-corrected chi connectivity index (χ1v) is 10.2. The highest BCUT2D eigenvalue weighted by Crippen LogP contribution is 2.23. The van der Waals surface area contributed by atoms with E-state index >= 15 is 0 Å². The largest absolute Gasteiger partial charge is 0.361 e. The fourth-order valence-electron chi connectivity index (χ4n) is 4.18. The van der Waals surface area contributed by atoms with Gasteiger partial charge in [0.15, 0.2) is 0 Å². The summed E-state index contributed by atoms with van der Waals surface area (Å²) < 4.78 is 0. The van der Waals surface area contributed by atoms with Gasteiger partial charge in [-0.05, 0) is 30.0 Å². The van der Waals surface area contributed by atoms with E-state index in [2.05, 4.69) is 4.98 Å². The van der Waals surface area contributed by atoms with Crippen molar-refractivity contribution in [3.05, 3.63) is 71.9 Å². The number of aromatic nitrogens is 1. The number of aromatic amines is 1. The Morgan fingerprint density at radius 1 is 1.03 bits per heavy atom. The van der Waals surface area contributed by atoms with Gasteiger partial charge in [-0.3, -0.25) is 9.59 Å². The molecule has 2 heterocycles. The third-order valence-electron chi connectivity index (χ3n) is 5.85. The average Bonchev–Trinajstić information content (AvgIpc) is 3.17. The second-order valence-electron chi connectivity index (χ2n) is 7.87. The summed E-state index contributed by atoms with van der Waals surface area (Å²) in [7, 11) is 1.86. The minimum Gasteiger partial charge on any atom is -0.361 e. The summed E-state index contributed by atoms with van der Waals surface area (Å²) in [5.74, 6) is 0.316. The summed E-state index contributed by atoms with van der Waals surface area (Å²) in [5, 5.41) is 1.11. The highest BCUT2D eigenvalue weighted by atomic mass is 16.2. The Morgan fingerprint density at radius 2 is 1.72 bits per heavy atom. The van der Waals surface area contributed by atoms with Crippen molar-refractivity contribution in [2.75, 3.05) is 20.1 Å². The Morgan fingerprint density at radius 3 is 2.48 bits per heavy atom. The van der Waals surface area contributed by atoms with Crippen molar-refractivity contribution in [2.45, 2.75) is 25.8 Å². The molecule has 2 aromatic carbocycles. The van der Waals surface area contributed by atoms with Crippen molar-refractivity contribution in [1.29, 1.82) is 0 Å². The van der Waals surface area contributed by atoms with Crippen LogP contribution >= 0.6 is 0 Å². The van der Waals surface area contributed by atoms with E-state index in [-0.39, 0.29) is 17.7 Å². The third kappa shape index (κ3) is 4.34. The third-order valence-corrected chi connectivity index (χ3v) is 5.85. The van der Waals surface area contributed by atoms with Crippen LogP contribution in [0.4, 0.5) is 0 Å².